The molecule has 2 amide bonds. The highest BCUT2D eigenvalue weighted by atomic mass is 16.2. The Bertz CT molecular complexity index is 1470. The van der Waals surface area contributed by atoms with Gasteiger partial charge < -0.3 is 26.2 Å². The van der Waals surface area contributed by atoms with Crippen LogP contribution in [0.15, 0.2) is 67.0 Å². The van der Waals surface area contributed by atoms with Gasteiger partial charge in [0.1, 0.15) is 5.82 Å². The first-order valence-corrected chi connectivity index (χ1v) is 12.5. The molecular formula is C28H30N8O2. The monoisotopic (exact) mass is 510 g/mol. The molecule has 0 bridgehead atoms. The SMILES string of the molecule is CN(C)c1ccc(C(=O)NC2CCCN(c3cnc(C(N)=O)c(Nc4ccc5ncccc5c4)n3)C2)cc1. The average molecular weight is 511 g/mol. The number of fused-ring (bicyclic) bond motifs is 1. The second-order valence-corrected chi connectivity index (χ2v) is 9.53. The molecule has 0 aliphatic carbocycles. The third kappa shape index (κ3) is 5.49. The Morgan fingerprint density at radius 1 is 1.08 bits per heavy atom. The van der Waals surface area contributed by atoms with Crippen molar-refractivity contribution in [1.29, 1.82) is 0 Å². The molecule has 0 radical (unpaired) electrons. The predicted octanol–water partition coefficient (Wildman–Crippen LogP) is 3.33. The first-order chi connectivity index (χ1) is 18.4. The number of pyridine rings is 1. The van der Waals surface area contributed by atoms with Gasteiger partial charge in [0.05, 0.1) is 11.7 Å². The Kier molecular flexibility index (Phi) is 7.03. The van der Waals surface area contributed by atoms with E-state index in [-0.39, 0.29) is 23.5 Å². The van der Waals surface area contributed by atoms with Crippen molar-refractivity contribution in [2.45, 2.75) is 18.9 Å². The van der Waals surface area contributed by atoms with E-state index in [1.54, 1.807) is 12.4 Å². The lowest BCUT2D eigenvalue weighted by molar-refractivity contribution is 0.0932. The summed E-state index contributed by atoms with van der Waals surface area (Å²) < 4.78 is 0. The summed E-state index contributed by atoms with van der Waals surface area (Å²) in [5, 5.41) is 7.30. The number of carbonyl (C=O) groups is 2. The number of nitrogens with zero attached hydrogens (tertiary/aromatic N) is 5. The van der Waals surface area contributed by atoms with Gasteiger partial charge in [-0.15, -0.1) is 0 Å². The number of nitrogens with one attached hydrogen (secondary N) is 2. The minimum atomic E-state index is -0.668. The maximum Gasteiger partial charge on any atom is 0.271 e. The van der Waals surface area contributed by atoms with Gasteiger partial charge in [-0.3, -0.25) is 14.6 Å². The van der Waals surface area contributed by atoms with Crippen LogP contribution in [0.5, 0.6) is 0 Å². The molecule has 2 aromatic carbocycles. The van der Waals surface area contributed by atoms with Gasteiger partial charge in [-0.05, 0) is 61.4 Å². The van der Waals surface area contributed by atoms with Crippen molar-refractivity contribution in [3.8, 4) is 0 Å². The first-order valence-electron chi connectivity index (χ1n) is 12.5. The third-order valence-electron chi connectivity index (χ3n) is 6.59. The molecule has 1 aliphatic heterocycles. The molecule has 4 N–H and O–H groups in total. The zero-order valence-electron chi connectivity index (χ0n) is 21.4. The Labute approximate surface area is 220 Å². The number of rotatable bonds is 7. The molecule has 1 aliphatic rings. The van der Waals surface area contributed by atoms with Gasteiger partial charge in [0.2, 0.25) is 0 Å². The standard InChI is InChI=1S/C28H30N8O2/c1-35(2)22-10-7-18(8-11-22)28(38)33-21-6-4-14-36(17-21)24-16-31-25(26(29)37)27(34-24)32-20-9-12-23-19(15-20)5-3-13-30-23/h3,5,7-13,15-16,21H,4,6,14,17H2,1-2H3,(H2,29,37)(H,32,34)(H,33,38). The number of piperidine rings is 1. The van der Waals surface area contributed by atoms with E-state index in [4.69, 9.17) is 10.7 Å². The number of nitrogens with two attached hydrogens (primary N) is 1. The number of carbonyl (C=O) groups excluding carboxylic acids is 2. The molecule has 1 fully saturated rings. The fourth-order valence-corrected chi connectivity index (χ4v) is 4.57. The van der Waals surface area contributed by atoms with Gasteiger partial charge in [0.15, 0.2) is 11.5 Å². The normalized spacial score (nSPS) is 15.2. The van der Waals surface area contributed by atoms with Crippen molar-refractivity contribution < 1.29 is 9.59 Å². The summed E-state index contributed by atoms with van der Waals surface area (Å²) in [7, 11) is 3.93. The molecule has 4 aromatic rings. The molecule has 2 aromatic heterocycles. The summed E-state index contributed by atoms with van der Waals surface area (Å²) in [4.78, 5) is 42.4. The van der Waals surface area contributed by atoms with Crippen LogP contribution < -0.4 is 26.2 Å². The van der Waals surface area contributed by atoms with Crippen molar-refractivity contribution >= 4 is 45.7 Å². The summed E-state index contributed by atoms with van der Waals surface area (Å²) in [5.41, 5.74) is 8.91. The van der Waals surface area contributed by atoms with Crippen LogP contribution >= 0.6 is 0 Å². The molecular weight excluding hydrogens is 480 g/mol. The van der Waals surface area contributed by atoms with Gasteiger partial charge in [-0.2, -0.15) is 0 Å². The summed E-state index contributed by atoms with van der Waals surface area (Å²) in [6.45, 7) is 1.34. The topological polar surface area (TPSA) is 129 Å². The van der Waals surface area contributed by atoms with E-state index in [1.165, 1.54) is 0 Å². The number of amides is 2. The fourth-order valence-electron chi connectivity index (χ4n) is 4.57. The quantitative estimate of drug-likeness (QED) is 0.345. The molecule has 10 heteroatoms. The molecule has 1 saturated heterocycles. The lowest BCUT2D eigenvalue weighted by Crippen LogP contribution is -2.48. The molecule has 3 heterocycles. The maximum atomic E-state index is 12.9. The summed E-state index contributed by atoms with van der Waals surface area (Å²) in [5.74, 6) is 0.114. The van der Waals surface area contributed by atoms with Crippen LogP contribution in [0.2, 0.25) is 0 Å². The molecule has 0 saturated carbocycles. The van der Waals surface area contributed by atoms with Crippen LogP contribution in [0.1, 0.15) is 33.7 Å². The van der Waals surface area contributed by atoms with E-state index in [0.29, 0.717) is 17.9 Å². The van der Waals surface area contributed by atoms with E-state index in [0.717, 1.165) is 41.7 Å². The molecule has 38 heavy (non-hydrogen) atoms. The van der Waals surface area contributed by atoms with Crippen LogP contribution in [0, 0.1) is 0 Å². The van der Waals surface area contributed by atoms with Gasteiger partial charge >= 0.3 is 0 Å². The molecule has 1 atom stereocenters. The van der Waals surface area contributed by atoms with Crippen LogP contribution in [0.25, 0.3) is 10.9 Å². The Morgan fingerprint density at radius 2 is 1.89 bits per heavy atom. The van der Waals surface area contributed by atoms with Crippen molar-refractivity contribution in [1.82, 2.24) is 20.3 Å². The van der Waals surface area contributed by atoms with Crippen LogP contribution in [0.3, 0.4) is 0 Å². The van der Waals surface area contributed by atoms with E-state index < -0.39 is 5.91 Å². The number of anilines is 4. The smallest absolute Gasteiger partial charge is 0.271 e. The highest BCUT2D eigenvalue weighted by molar-refractivity contribution is 5.97. The van der Waals surface area contributed by atoms with Gasteiger partial charge in [-0.1, -0.05) is 6.07 Å². The molecule has 194 valence electrons. The minimum absolute atomic E-state index is 0.0493. The van der Waals surface area contributed by atoms with Crippen LogP contribution in [0.4, 0.5) is 23.0 Å². The van der Waals surface area contributed by atoms with E-state index in [2.05, 4.69) is 25.5 Å². The number of hydrogen-bond donors (Lipinski definition) is 3. The van der Waals surface area contributed by atoms with E-state index in [9.17, 15) is 9.59 Å². The van der Waals surface area contributed by atoms with Crippen LogP contribution in [-0.4, -0.2) is 60.0 Å². The maximum absolute atomic E-state index is 12.9. The third-order valence-corrected chi connectivity index (χ3v) is 6.59. The highest BCUT2D eigenvalue weighted by Gasteiger charge is 2.24. The second-order valence-electron chi connectivity index (χ2n) is 9.53. The predicted molar refractivity (Wildman–Crippen MR) is 149 cm³/mol. The van der Waals surface area contributed by atoms with E-state index in [1.807, 2.05) is 73.6 Å². The van der Waals surface area contributed by atoms with Crippen molar-refractivity contribution in [3.05, 3.63) is 78.2 Å². The highest BCUT2D eigenvalue weighted by Crippen LogP contribution is 2.25. The lowest BCUT2D eigenvalue weighted by atomic mass is 10.0. The van der Waals surface area contributed by atoms with Crippen molar-refractivity contribution in [3.63, 3.8) is 0 Å². The van der Waals surface area contributed by atoms with Gasteiger partial charge in [0, 0.05) is 61.7 Å². The Hall–Kier alpha value is -4.73. The Balaban J connectivity index is 1.32. The zero-order chi connectivity index (χ0) is 26.6. The number of hydrogen-bond acceptors (Lipinski definition) is 8. The average Bonchev–Trinajstić information content (AvgIpc) is 2.93. The summed E-state index contributed by atoms with van der Waals surface area (Å²) in [6, 6.07) is 17.0. The van der Waals surface area contributed by atoms with Crippen molar-refractivity contribution in [2.75, 3.05) is 42.3 Å². The lowest BCUT2D eigenvalue weighted by Gasteiger charge is -2.34. The van der Waals surface area contributed by atoms with Gasteiger partial charge in [0.25, 0.3) is 11.8 Å². The van der Waals surface area contributed by atoms with Gasteiger partial charge in [-0.25, -0.2) is 9.97 Å². The summed E-state index contributed by atoms with van der Waals surface area (Å²) >= 11 is 0. The number of primary amides is 1. The number of aromatic nitrogens is 3. The molecule has 10 nitrogen and oxygen atoms in total. The number of benzene rings is 2. The second kappa shape index (κ2) is 10.7. The van der Waals surface area contributed by atoms with Crippen molar-refractivity contribution in [2.24, 2.45) is 5.73 Å². The molecule has 0 spiro atoms. The molecule has 1 unspecified atom stereocenters. The largest absolute Gasteiger partial charge is 0.378 e. The molecule has 5 rings (SSSR count). The fraction of sp³-hybridized carbons (Fsp3) is 0.250. The minimum Gasteiger partial charge on any atom is -0.378 e. The van der Waals surface area contributed by atoms with E-state index >= 15 is 0 Å². The van der Waals surface area contributed by atoms with Crippen LogP contribution in [-0.2, 0) is 0 Å². The first kappa shape index (κ1) is 24.9. The zero-order valence-corrected chi connectivity index (χ0v) is 21.4. The summed E-state index contributed by atoms with van der Waals surface area (Å²) in [6.07, 6.45) is 5.04. The Morgan fingerprint density at radius 3 is 2.66 bits per heavy atom.